The number of rotatable bonds is 6. The lowest BCUT2D eigenvalue weighted by Gasteiger charge is -2.30. The zero-order valence-electron chi connectivity index (χ0n) is 18.6. The number of carbonyl (C=O) groups is 2. The van der Waals surface area contributed by atoms with Crippen LogP contribution in [0.1, 0.15) is 51.9 Å². The summed E-state index contributed by atoms with van der Waals surface area (Å²) in [6.07, 6.45) is 1.93. The summed E-state index contributed by atoms with van der Waals surface area (Å²) in [6, 6.07) is 1.27. The van der Waals surface area contributed by atoms with Gasteiger partial charge in [-0.1, -0.05) is 0 Å². The Morgan fingerprint density at radius 1 is 1.23 bits per heavy atom. The maximum absolute atomic E-state index is 12.9. The molecule has 168 valence electrons. The van der Waals surface area contributed by atoms with Crippen molar-refractivity contribution in [1.82, 2.24) is 14.9 Å². The van der Waals surface area contributed by atoms with Gasteiger partial charge in [-0.15, -0.1) is 0 Å². The number of pyridine rings is 2. The number of esters is 1. The van der Waals surface area contributed by atoms with Crippen LogP contribution in [0.4, 0.5) is 4.79 Å². The fourth-order valence-corrected chi connectivity index (χ4v) is 2.95. The van der Waals surface area contributed by atoms with E-state index in [0.29, 0.717) is 0 Å². The summed E-state index contributed by atoms with van der Waals surface area (Å²) in [4.78, 5) is 41.6. The number of hydrogen-bond acceptors (Lipinski definition) is 8. The molecule has 2 aromatic heterocycles. The molecule has 0 unspecified atom stereocenters. The van der Waals surface area contributed by atoms with Gasteiger partial charge in [0.1, 0.15) is 16.8 Å². The molecule has 0 saturated carbocycles. The Hall–Kier alpha value is -2.92. The number of carbonyl (C=O) groups excluding carboxylic acids is 2. The van der Waals surface area contributed by atoms with Crippen molar-refractivity contribution < 1.29 is 29.1 Å². The first-order valence-electron chi connectivity index (χ1n) is 9.81. The molecule has 0 atom stereocenters. The Labute approximate surface area is 180 Å². The Morgan fingerprint density at radius 2 is 1.87 bits per heavy atom. The van der Waals surface area contributed by atoms with Gasteiger partial charge in [0, 0.05) is 24.4 Å². The molecule has 31 heavy (non-hydrogen) atoms. The van der Waals surface area contributed by atoms with Crippen LogP contribution in [0, 0.1) is 0 Å². The molecule has 0 aromatic carbocycles. The average Bonchev–Trinajstić information content (AvgIpc) is 2.61. The third-order valence-electron chi connectivity index (χ3n) is 4.13. The molecule has 11 heteroatoms. The molecule has 1 amide bonds. The lowest BCUT2D eigenvalue weighted by Crippen LogP contribution is -2.48. The maximum Gasteiger partial charge on any atom is 0.490 e. The smallest absolute Gasteiger partial charge is 0.462 e. The molecule has 0 bridgehead atoms. The predicted octanol–water partition coefficient (Wildman–Crippen LogP) is 0.556. The van der Waals surface area contributed by atoms with Crippen molar-refractivity contribution in [3.05, 3.63) is 34.2 Å². The van der Waals surface area contributed by atoms with E-state index < -0.39 is 35.7 Å². The highest BCUT2D eigenvalue weighted by molar-refractivity contribution is 6.58. The van der Waals surface area contributed by atoms with Gasteiger partial charge in [0.25, 0.3) is 0 Å². The first kappa shape index (κ1) is 24.4. The van der Waals surface area contributed by atoms with E-state index in [9.17, 15) is 24.4 Å². The Bertz CT molecular complexity index is 1040. The van der Waals surface area contributed by atoms with Gasteiger partial charge in [0.2, 0.25) is 5.43 Å². The molecule has 0 aliphatic carbocycles. The van der Waals surface area contributed by atoms with Gasteiger partial charge in [-0.3, -0.25) is 4.79 Å². The quantitative estimate of drug-likeness (QED) is 0.444. The minimum absolute atomic E-state index is 0.00305. The number of nitrogens with zero attached hydrogens (tertiary/aromatic N) is 2. The summed E-state index contributed by atoms with van der Waals surface area (Å²) in [5.41, 5.74) is -2.19. The van der Waals surface area contributed by atoms with Crippen LogP contribution in [0.2, 0.25) is 0 Å². The van der Waals surface area contributed by atoms with Crippen LogP contribution < -0.4 is 16.2 Å². The van der Waals surface area contributed by atoms with E-state index in [4.69, 9.17) is 9.47 Å². The monoisotopic (exact) mass is 433 g/mol. The molecular weight excluding hydrogens is 405 g/mol. The molecule has 2 heterocycles. The normalized spacial score (nSPS) is 11.9. The number of aromatic nitrogens is 2. The first-order chi connectivity index (χ1) is 14.2. The molecule has 0 fully saturated rings. The van der Waals surface area contributed by atoms with Crippen molar-refractivity contribution in [3.63, 3.8) is 0 Å². The lowest BCUT2D eigenvalue weighted by molar-refractivity contribution is 0.0459. The second kappa shape index (κ2) is 9.07. The van der Waals surface area contributed by atoms with Crippen molar-refractivity contribution in [2.45, 2.75) is 59.2 Å². The van der Waals surface area contributed by atoms with Gasteiger partial charge in [-0.2, -0.15) is 0 Å². The average molecular weight is 433 g/mol. The van der Waals surface area contributed by atoms with E-state index in [1.165, 1.54) is 23.0 Å². The molecular formula is C20H28BN3O7. The minimum Gasteiger partial charge on any atom is -0.462 e. The molecule has 3 N–H and O–H groups in total. The van der Waals surface area contributed by atoms with Gasteiger partial charge in [0.05, 0.1) is 17.5 Å². The largest absolute Gasteiger partial charge is 0.490 e. The Kier molecular flexibility index (Phi) is 7.12. The van der Waals surface area contributed by atoms with Gasteiger partial charge in [-0.25, -0.2) is 14.6 Å². The number of ether oxygens (including phenoxy) is 2. The van der Waals surface area contributed by atoms with E-state index in [1.807, 2.05) is 0 Å². The van der Waals surface area contributed by atoms with Gasteiger partial charge in [0.15, 0.2) is 0 Å². The van der Waals surface area contributed by atoms with Gasteiger partial charge < -0.3 is 29.4 Å². The van der Waals surface area contributed by atoms with E-state index in [2.05, 4.69) is 10.3 Å². The summed E-state index contributed by atoms with van der Waals surface area (Å²) >= 11 is 0. The van der Waals surface area contributed by atoms with Gasteiger partial charge in [-0.05, 0) is 47.6 Å². The van der Waals surface area contributed by atoms with Crippen molar-refractivity contribution in [2.75, 3.05) is 6.61 Å². The minimum atomic E-state index is -1.83. The van der Waals surface area contributed by atoms with E-state index in [1.54, 1.807) is 41.5 Å². The predicted molar refractivity (Wildman–Crippen MR) is 115 cm³/mol. The number of alkyl carbamates (subject to hydrolysis) is 1. The zero-order chi connectivity index (χ0) is 23.6. The molecule has 0 radical (unpaired) electrons. The second-order valence-electron chi connectivity index (χ2n) is 8.74. The summed E-state index contributed by atoms with van der Waals surface area (Å²) in [5, 5.41) is 21.7. The van der Waals surface area contributed by atoms with Crippen LogP contribution in [-0.2, 0) is 16.0 Å². The highest BCUT2D eigenvalue weighted by atomic mass is 16.6. The SMILES string of the molecule is CCOC(=O)c1cn(CC(C)(C)NC(=O)OC(C)(C)C)c2ncc(B(O)O)cc2c1=O. The van der Waals surface area contributed by atoms with Crippen LogP contribution in [0.15, 0.2) is 23.3 Å². The van der Waals surface area contributed by atoms with E-state index in [-0.39, 0.29) is 35.2 Å². The summed E-state index contributed by atoms with van der Waals surface area (Å²) in [5.74, 6) is -0.809. The maximum atomic E-state index is 12.9. The van der Waals surface area contributed by atoms with Crippen LogP contribution in [0.5, 0.6) is 0 Å². The summed E-state index contributed by atoms with van der Waals surface area (Å²) in [6.45, 7) is 10.6. The fourth-order valence-electron chi connectivity index (χ4n) is 2.95. The molecule has 0 saturated heterocycles. The van der Waals surface area contributed by atoms with Crippen LogP contribution >= 0.6 is 0 Å². The third-order valence-corrected chi connectivity index (χ3v) is 4.13. The topological polar surface area (TPSA) is 140 Å². The van der Waals surface area contributed by atoms with Crippen LogP contribution in [-0.4, -0.2) is 56.5 Å². The molecule has 2 aromatic rings. The number of nitrogens with one attached hydrogen (secondary N) is 1. The van der Waals surface area contributed by atoms with Crippen molar-refractivity contribution >= 4 is 35.7 Å². The standard InChI is InChI=1S/C20H28BN3O7/c1-7-30-17(26)14-10-24(11-20(5,6)23-18(27)31-19(2,3)4)16-13(15(14)25)8-12(9-22-16)21(28)29/h8-10,28-29H,7,11H2,1-6H3,(H,23,27). The Balaban J connectivity index is 2.54. The molecule has 0 spiro atoms. The van der Waals surface area contributed by atoms with Crippen LogP contribution in [0.3, 0.4) is 0 Å². The molecule has 0 aliphatic rings. The van der Waals surface area contributed by atoms with Gasteiger partial charge >= 0.3 is 19.2 Å². The summed E-state index contributed by atoms with van der Waals surface area (Å²) in [7, 11) is -1.83. The van der Waals surface area contributed by atoms with Crippen molar-refractivity contribution in [3.8, 4) is 0 Å². The summed E-state index contributed by atoms with van der Waals surface area (Å²) < 4.78 is 11.8. The lowest BCUT2D eigenvalue weighted by atomic mass is 9.81. The van der Waals surface area contributed by atoms with Crippen molar-refractivity contribution in [1.29, 1.82) is 0 Å². The molecule has 10 nitrogen and oxygen atoms in total. The number of hydrogen-bond donors (Lipinski definition) is 3. The number of fused-ring (bicyclic) bond motifs is 1. The first-order valence-corrected chi connectivity index (χ1v) is 9.81. The van der Waals surface area contributed by atoms with E-state index in [0.717, 1.165) is 0 Å². The highest BCUT2D eigenvalue weighted by Crippen LogP contribution is 2.16. The highest BCUT2D eigenvalue weighted by Gasteiger charge is 2.27. The molecule has 0 aliphatic heterocycles. The second-order valence-corrected chi connectivity index (χ2v) is 8.74. The van der Waals surface area contributed by atoms with E-state index >= 15 is 0 Å². The Morgan fingerprint density at radius 3 is 2.42 bits per heavy atom. The fraction of sp³-hybridized carbons (Fsp3) is 0.500. The molecule has 2 rings (SSSR count). The number of amides is 1. The van der Waals surface area contributed by atoms with Crippen molar-refractivity contribution in [2.24, 2.45) is 0 Å². The third kappa shape index (κ3) is 6.28. The van der Waals surface area contributed by atoms with Crippen LogP contribution in [0.25, 0.3) is 11.0 Å². The zero-order valence-corrected chi connectivity index (χ0v) is 18.6.